The van der Waals surface area contributed by atoms with Crippen molar-refractivity contribution in [1.29, 1.82) is 0 Å². The molecular formula is C12H11FN2O2. The monoisotopic (exact) mass is 234 g/mol. The summed E-state index contributed by atoms with van der Waals surface area (Å²) in [5.41, 5.74) is -0.216. The molecule has 1 N–H and O–H groups in total. The van der Waals surface area contributed by atoms with Crippen LogP contribution in [-0.2, 0) is 4.74 Å². The molecule has 0 radical (unpaired) electrons. The molecule has 88 valence electrons. The van der Waals surface area contributed by atoms with Gasteiger partial charge in [0.05, 0.1) is 12.0 Å². The Morgan fingerprint density at radius 1 is 1.59 bits per heavy atom. The van der Waals surface area contributed by atoms with Crippen molar-refractivity contribution >= 4 is 16.5 Å². The van der Waals surface area contributed by atoms with Crippen LogP contribution in [0.5, 0.6) is 0 Å². The van der Waals surface area contributed by atoms with E-state index in [0.717, 1.165) is 0 Å². The van der Waals surface area contributed by atoms with Crippen LogP contribution in [0.4, 0.5) is 4.39 Å². The number of benzene rings is 1. The van der Waals surface area contributed by atoms with E-state index in [1.54, 1.807) is 13.0 Å². The predicted octanol–water partition coefficient (Wildman–Crippen LogP) is 2.07. The zero-order valence-corrected chi connectivity index (χ0v) is 9.29. The van der Waals surface area contributed by atoms with Crippen LogP contribution in [0.25, 0.3) is 16.5 Å². The Balaban J connectivity index is 2.75. The Hall–Kier alpha value is -2.17. The first-order valence-corrected chi connectivity index (χ1v) is 5.14. The van der Waals surface area contributed by atoms with Crippen molar-refractivity contribution in [2.24, 2.45) is 0 Å². The van der Waals surface area contributed by atoms with Gasteiger partial charge >= 0.3 is 0 Å². The summed E-state index contributed by atoms with van der Waals surface area (Å²) in [6.07, 6.45) is 0. The van der Waals surface area contributed by atoms with Gasteiger partial charge in [0.2, 0.25) is 0 Å². The molecule has 5 heteroatoms. The van der Waals surface area contributed by atoms with E-state index in [0.29, 0.717) is 23.4 Å². The summed E-state index contributed by atoms with van der Waals surface area (Å²) >= 11 is 0. The van der Waals surface area contributed by atoms with E-state index in [1.807, 2.05) is 0 Å². The molecule has 0 bridgehead atoms. The predicted molar refractivity (Wildman–Crippen MR) is 63.0 cm³/mol. The van der Waals surface area contributed by atoms with Gasteiger partial charge in [0, 0.05) is 5.39 Å². The molecule has 0 spiro atoms. The molecule has 4 nitrogen and oxygen atoms in total. The minimum atomic E-state index is -0.586. The summed E-state index contributed by atoms with van der Waals surface area (Å²) in [6.45, 7) is 5.93. The fraction of sp³-hybridized carbons (Fsp3) is 0.167. The van der Waals surface area contributed by atoms with E-state index in [2.05, 4.69) is 16.8 Å². The Kier molecular flexibility index (Phi) is 2.91. The van der Waals surface area contributed by atoms with Crippen LogP contribution in [0.3, 0.4) is 0 Å². The van der Waals surface area contributed by atoms with Crippen LogP contribution in [0.1, 0.15) is 12.6 Å². The number of nitrogens with one attached hydrogen (secondary N) is 1. The van der Waals surface area contributed by atoms with Crippen molar-refractivity contribution < 1.29 is 9.13 Å². The van der Waals surface area contributed by atoms with Crippen LogP contribution in [0.15, 0.2) is 29.6 Å². The molecule has 0 saturated carbocycles. The van der Waals surface area contributed by atoms with Crippen molar-refractivity contribution in [3.63, 3.8) is 0 Å². The highest BCUT2D eigenvalue weighted by Gasteiger charge is 2.12. The zero-order chi connectivity index (χ0) is 12.4. The normalized spacial score (nSPS) is 10.5. The quantitative estimate of drug-likeness (QED) is 0.827. The number of aromatic amines is 1. The SMILES string of the molecule is C=C(OCC)c1n[nH]c(=O)c2c(F)cccc12. The topological polar surface area (TPSA) is 55.0 Å². The molecule has 0 fully saturated rings. The summed E-state index contributed by atoms with van der Waals surface area (Å²) in [4.78, 5) is 11.5. The fourth-order valence-corrected chi connectivity index (χ4v) is 1.63. The maximum absolute atomic E-state index is 13.6. The van der Waals surface area contributed by atoms with E-state index in [1.165, 1.54) is 12.1 Å². The molecule has 17 heavy (non-hydrogen) atoms. The highest BCUT2D eigenvalue weighted by atomic mass is 19.1. The van der Waals surface area contributed by atoms with Gasteiger partial charge in [0.25, 0.3) is 5.56 Å². The third kappa shape index (κ3) is 1.91. The van der Waals surface area contributed by atoms with Crippen LogP contribution in [-0.4, -0.2) is 16.8 Å². The smallest absolute Gasteiger partial charge is 0.275 e. The summed E-state index contributed by atoms with van der Waals surface area (Å²) in [5, 5.41) is 6.44. The number of rotatable bonds is 3. The summed E-state index contributed by atoms with van der Waals surface area (Å²) < 4.78 is 18.8. The van der Waals surface area contributed by atoms with Crippen molar-refractivity contribution in [3.8, 4) is 0 Å². The highest BCUT2D eigenvalue weighted by molar-refractivity contribution is 5.90. The average Bonchev–Trinajstić information content (AvgIpc) is 2.29. The third-order valence-electron chi connectivity index (χ3n) is 2.35. The Morgan fingerprint density at radius 2 is 2.35 bits per heavy atom. The molecule has 0 atom stereocenters. The Labute approximate surface area is 96.7 Å². The first-order valence-electron chi connectivity index (χ1n) is 5.14. The van der Waals surface area contributed by atoms with E-state index < -0.39 is 11.4 Å². The molecule has 0 aliphatic rings. The molecular weight excluding hydrogens is 223 g/mol. The number of H-pyrrole nitrogens is 1. The summed E-state index contributed by atoms with van der Waals surface area (Å²) in [6, 6.07) is 4.35. The van der Waals surface area contributed by atoms with Crippen molar-refractivity contribution in [1.82, 2.24) is 10.2 Å². The minimum Gasteiger partial charge on any atom is -0.492 e. The molecule has 0 aliphatic carbocycles. The molecule has 1 aromatic carbocycles. The van der Waals surface area contributed by atoms with Gasteiger partial charge in [-0.15, -0.1) is 0 Å². The van der Waals surface area contributed by atoms with Crippen LogP contribution in [0.2, 0.25) is 0 Å². The van der Waals surface area contributed by atoms with Gasteiger partial charge in [0.15, 0.2) is 0 Å². The standard InChI is InChI=1S/C12H11FN2O2/c1-3-17-7(2)11-8-5-4-6-9(13)10(8)12(16)15-14-11/h4-6H,2-3H2,1H3,(H,15,16). The Morgan fingerprint density at radius 3 is 3.06 bits per heavy atom. The van der Waals surface area contributed by atoms with Crippen LogP contribution >= 0.6 is 0 Å². The highest BCUT2D eigenvalue weighted by Crippen LogP contribution is 2.21. The second-order valence-electron chi connectivity index (χ2n) is 3.42. The molecule has 0 aliphatic heterocycles. The maximum Gasteiger partial charge on any atom is 0.275 e. The first kappa shape index (κ1) is 11.3. The lowest BCUT2D eigenvalue weighted by Gasteiger charge is -2.08. The average molecular weight is 234 g/mol. The number of fused-ring (bicyclic) bond motifs is 1. The first-order chi connectivity index (χ1) is 8.15. The molecule has 1 heterocycles. The van der Waals surface area contributed by atoms with Gasteiger partial charge in [-0.3, -0.25) is 4.79 Å². The van der Waals surface area contributed by atoms with Crippen molar-refractivity contribution in [2.75, 3.05) is 6.61 Å². The van der Waals surface area contributed by atoms with Gasteiger partial charge in [0.1, 0.15) is 17.3 Å². The summed E-state index contributed by atoms with van der Waals surface area (Å²) in [5.74, 6) is -0.281. The molecule has 1 aromatic heterocycles. The van der Waals surface area contributed by atoms with E-state index in [-0.39, 0.29) is 5.39 Å². The number of ether oxygens (including phenoxy) is 1. The van der Waals surface area contributed by atoms with Crippen LogP contribution in [0, 0.1) is 5.82 Å². The van der Waals surface area contributed by atoms with Gasteiger partial charge in [-0.25, -0.2) is 9.49 Å². The Bertz CT molecular complexity index is 634. The number of nitrogens with zero attached hydrogens (tertiary/aromatic N) is 1. The largest absolute Gasteiger partial charge is 0.492 e. The second kappa shape index (κ2) is 4.37. The zero-order valence-electron chi connectivity index (χ0n) is 9.29. The number of aromatic nitrogens is 2. The number of hydrogen-bond acceptors (Lipinski definition) is 3. The van der Waals surface area contributed by atoms with Crippen molar-refractivity contribution in [3.05, 3.63) is 46.6 Å². The van der Waals surface area contributed by atoms with Gasteiger partial charge in [-0.2, -0.15) is 5.10 Å². The van der Waals surface area contributed by atoms with E-state index >= 15 is 0 Å². The maximum atomic E-state index is 13.6. The lowest BCUT2D eigenvalue weighted by atomic mass is 10.1. The van der Waals surface area contributed by atoms with Gasteiger partial charge in [-0.1, -0.05) is 18.7 Å². The fourth-order valence-electron chi connectivity index (χ4n) is 1.63. The summed E-state index contributed by atoms with van der Waals surface area (Å²) in [7, 11) is 0. The van der Waals surface area contributed by atoms with E-state index in [4.69, 9.17) is 4.74 Å². The number of hydrogen-bond donors (Lipinski definition) is 1. The number of halogens is 1. The molecule has 2 aromatic rings. The van der Waals surface area contributed by atoms with Gasteiger partial charge in [-0.05, 0) is 13.0 Å². The molecule has 0 unspecified atom stereocenters. The van der Waals surface area contributed by atoms with E-state index in [9.17, 15) is 9.18 Å². The van der Waals surface area contributed by atoms with Crippen LogP contribution < -0.4 is 5.56 Å². The minimum absolute atomic E-state index is 0.0293. The third-order valence-corrected chi connectivity index (χ3v) is 2.35. The second-order valence-corrected chi connectivity index (χ2v) is 3.42. The molecule has 0 saturated heterocycles. The lowest BCUT2D eigenvalue weighted by Crippen LogP contribution is -2.12. The molecule has 2 rings (SSSR count). The van der Waals surface area contributed by atoms with Gasteiger partial charge < -0.3 is 4.74 Å². The lowest BCUT2D eigenvalue weighted by molar-refractivity contribution is 0.298. The van der Waals surface area contributed by atoms with Crippen molar-refractivity contribution in [2.45, 2.75) is 6.92 Å². The molecule has 0 amide bonds.